The monoisotopic (exact) mass is 289 g/mol. The van der Waals surface area contributed by atoms with Crippen molar-refractivity contribution >= 4 is 11.7 Å². The number of carbonyl (C=O) groups is 1. The number of ether oxygens (including phenoxy) is 1. The van der Waals surface area contributed by atoms with Crippen molar-refractivity contribution in [2.24, 2.45) is 0 Å². The van der Waals surface area contributed by atoms with Crippen molar-refractivity contribution in [3.05, 3.63) is 29.3 Å². The van der Waals surface area contributed by atoms with E-state index in [0.717, 1.165) is 55.6 Å². The maximum absolute atomic E-state index is 12.0. The predicted octanol–water partition coefficient (Wildman–Crippen LogP) is 2.73. The lowest BCUT2D eigenvalue weighted by Crippen LogP contribution is -2.40. The Morgan fingerprint density at radius 2 is 1.90 bits per heavy atom. The van der Waals surface area contributed by atoms with Crippen molar-refractivity contribution in [1.82, 2.24) is 0 Å². The van der Waals surface area contributed by atoms with Crippen LogP contribution in [0.4, 0.5) is 5.69 Å². The average Bonchev–Trinajstić information content (AvgIpc) is 2.99. The molecule has 1 saturated carbocycles. The molecule has 114 valence electrons. The number of anilines is 1. The largest absolute Gasteiger partial charge is 0.481 e. The van der Waals surface area contributed by atoms with E-state index in [0.29, 0.717) is 13.2 Å². The molecule has 1 aromatic carbocycles. The number of hydrogen-bond acceptors (Lipinski definition) is 3. The van der Waals surface area contributed by atoms with Crippen LogP contribution < -0.4 is 4.90 Å². The normalized spacial score (nSPS) is 21.5. The molecule has 0 radical (unpaired) electrons. The van der Waals surface area contributed by atoms with Crippen molar-refractivity contribution in [3.63, 3.8) is 0 Å². The summed E-state index contributed by atoms with van der Waals surface area (Å²) in [6.07, 6.45) is 3.51. The molecule has 21 heavy (non-hydrogen) atoms. The molecule has 0 unspecified atom stereocenters. The van der Waals surface area contributed by atoms with Crippen molar-refractivity contribution in [2.45, 2.75) is 38.0 Å². The van der Waals surface area contributed by atoms with Crippen LogP contribution in [-0.4, -0.2) is 37.4 Å². The number of aryl methyl sites for hydroxylation is 1. The van der Waals surface area contributed by atoms with E-state index in [-0.39, 0.29) is 0 Å². The number of hydrogen-bond donors (Lipinski definition) is 1. The second kappa shape index (κ2) is 5.68. The molecule has 4 heteroatoms. The second-order valence-electron chi connectivity index (χ2n) is 6.21. The minimum absolute atomic E-state index is 0.667. The maximum Gasteiger partial charge on any atom is 0.314 e. The fraction of sp³-hybridized carbons (Fsp3) is 0.588. The smallest absolute Gasteiger partial charge is 0.314 e. The van der Waals surface area contributed by atoms with Crippen LogP contribution in [0.15, 0.2) is 18.2 Å². The van der Waals surface area contributed by atoms with Gasteiger partial charge in [0.1, 0.15) is 0 Å². The van der Waals surface area contributed by atoms with Crippen LogP contribution in [0.5, 0.6) is 0 Å². The van der Waals surface area contributed by atoms with Gasteiger partial charge in [0.15, 0.2) is 0 Å². The van der Waals surface area contributed by atoms with Crippen LogP contribution in [-0.2, 0) is 14.9 Å². The third-order valence-electron chi connectivity index (χ3n) is 4.89. The summed E-state index contributed by atoms with van der Waals surface area (Å²) >= 11 is 0. The summed E-state index contributed by atoms with van der Waals surface area (Å²) in [7, 11) is 0. The van der Waals surface area contributed by atoms with Gasteiger partial charge in [-0.3, -0.25) is 4.79 Å². The Hall–Kier alpha value is -1.55. The van der Waals surface area contributed by atoms with E-state index >= 15 is 0 Å². The summed E-state index contributed by atoms with van der Waals surface area (Å²) in [6, 6.07) is 6.27. The van der Waals surface area contributed by atoms with Crippen molar-refractivity contribution in [2.75, 3.05) is 31.2 Å². The zero-order valence-corrected chi connectivity index (χ0v) is 12.6. The second-order valence-corrected chi connectivity index (χ2v) is 6.21. The van der Waals surface area contributed by atoms with Gasteiger partial charge in [-0.1, -0.05) is 30.5 Å². The SMILES string of the molecule is Cc1ccc(N2CCOCC2)c(C2(C(=O)O)CCCC2)c1. The van der Waals surface area contributed by atoms with Crippen molar-refractivity contribution < 1.29 is 14.6 Å². The van der Waals surface area contributed by atoms with Gasteiger partial charge in [-0.2, -0.15) is 0 Å². The van der Waals surface area contributed by atoms with E-state index in [2.05, 4.69) is 23.1 Å². The van der Waals surface area contributed by atoms with Gasteiger partial charge in [-0.15, -0.1) is 0 Å². The molecule has 1 N–H and O–H groups in total. The third-order valence-corrected chi connectivity index (χ3v) is 4.89. The quantitative estimate of drug-likeness (QED) is 0.929. The van der Waals surface area contributed by atoms with Crippen LogP contribution >= 0.6 is 0 Å². The van der Waals surface area contributed by atoms with Crippen molar-refractivity contribution in [3.8, 4) is 0 Å². The highest BCUT2D eigenvalue weighted by atomic mass is 16.5. The molecule has 1 aliphatic heterocycles. The molecule has 2 fully saturated rings. The number of morpholine rings is 1. The van der Waals surface area contributed by atoms with Crippen LogP contribution in [0.1, 0.15) is 36.8 Å². The summed E-state index contributed by atoms with van der Waals surface area (Å²) in [5.41, 5.74) is 2.54. The minimum Gasteiger partial charge on any atom is -0.481 e. The van der Waals surface area contributed by atoms with Crippen LogP contribution in [0.3, 0.4) is 0 Å². The van der Waals surface area contributed by atoms with Crippen LogP contribution in [0.2, 0.25) is 0 Å². The molecule has 0 bridgehead atoms. The Kier molecular flexibility index (Phi) is 3.89. The molecule has 2 aliphatic rings. The first-order valence-electron chi connectivity index (χ1n) is 7.81. The number of carboxylic acid groups (broad SMARTS) is 1. The topological polar surface area (TPSA) is 49.8 Å². The lowest BCUT2D eigenvalue weighted by atomic mass is 9.77. The summed E-state index contributed by atoms with van der Waals surface area (Å²) in [5, 5.41) is 9.89. The Bertz CT molecular complexity index is 529. The number of aliphatic carboxylic acids is 1. The van der Waals surface area contributed by atoms with Crippen molar-refractivity contribution in [1.29, 1.82) is 0 Å². The Morgan fingerprint density at radius 1 is 1.24 bits per heavy atom. The first-order chi connectivity index (χ1) is 10.1. The number of nitrogens with zero attached hydrogens (tertiary/aromatic N) is 1. The lowest BCUT2D eigenvalue weighted by Gasteiger charge is -2.35. The van der Waals surface area contributed by atoms with E-state index in [1.807, 2.05) is 6.92 Å². The maximum atomic E-state index is 12.0. The first kappa shape index (κ1) is 14.4. The van der Waals surface area contributed by atoms with E-state index in [9.17, 15) is 9.90 Å². The van der Waals surface area contributed by atoms with Gasteiger partial charge >= 0.3 is 5.97 Å². The van der Waals surface area contributed by atoms with Gasteiger partial charge in [0.25, 0.3) is 0 Å². The molecule has 1 aromatic rings. The molecule has 0 amide bonds. The Morgan fingerprint density at radius 3 is 2.52 bits per heavy atom. The number of benzene rings is 1. The summed E-state index contributed by atoms with van der Waals surface area (Å²) in [4.78, 5) is 14.3. The van der Waals surface area contributed by atoms with Gasteiger partial charge in [0, 0.05) is 18.8 Å². The predicted molar refractivity (Wildman–Crippen MR) is 82.0 cm³/mol. The molecule has 0 spiro atoms. The molecule has 3 rings (SSSR count). The van der Waals surface area contributed by atoms with E-state index in [1.54, 1.807) is 0 Å². The lowest BCUT2D eigenvalue weighted by molar-refractivity contribution is -0.143. The van der Waals surface area contributed by atoms with Gasteiger partial charge in [-0.05, 0) is 31.4 Å². The van der Waals surface area contributed by atoms with Crippen LogP contribution in [0, 0.1) is 6.92 Å². The molecule has 0 atom stereocenters. The zero-order valence-electron chi connectivity index (χ0n) is 12.6. The van der Waals surface area contributed by atoms with Gasteiger partial charge in [-0.25, -0.2) is 0 Å². The van der Waals surface area contributed by atoms with Gasteiger partial charge in [0.05, 0.1) is 18.6 Å². The molecule has 0 aromatic heterocycles. The summed E-state index contributed by atoms with van der Waals surface area (Å²) < 4.78 is 5.42. The molecular formula is C17H23NO3. The van der Waals surface area contributed by atoms with Gasteiger partial charge in [0.2, 0.25) is 0 Å². The van der Waals surface area contributed by atoms with Crippen LogP contribution in [0.25, 0.3) is 0 Å². The summed E-state index contributed by atoms with van der Waals surface area (Å²) in [6.45, 7) is 5.15. The number of rotatable bonds is 3. The Labute approximate surface area is 125 Å². The molecule has 1 saturated heterocycles. The first-order valence-corrected chi connectivity index (χ1v) is 7.81. The average molecular weight is 289 g/mol. The highest BCUT2D eigenvalue weighted by Crippen LogP contribution is 2.45. The zero-order chi connectivity index (χ0) is 14.9. The fourth-order valence-electron chi connectivity index (χ4n) is 3.69. The minimum atomic E-state index is -0.695. The molecule has 1 heterocycles. The van der Waals surface area contributed by atoms with E-state index in [4.69, 9.17) is 4.74 Å². The molecule has 1 aliphatic carbocycles. The Balaban J connectivity index is 2.07. The summed E-state index contributed by atoms with van der Waals surface area (Å²) in [5.74, 6) is -0.667. The standard InChI is InChI=1S/C17H23NO3/c1-13-4-5-15(18-8-10-21-11-9-18)14(12-13)17(16(19)20)6-2-3-7-17/h4-5,12H,2-3,6-11H2,1H3,(H,19,20). The highest BCUT2D eigenvalue weighted by molar-refractivity contribution is 5.85. The molecular weight excluding hydrogens is 266 g/mol. The number of carboxylic acids is 1. The molecule has 4 nitrogen and oxygen atoms in total. The van der Waals surface area contributed by atoms with E-state index < -0.39 is 11.4 Å². The van der Waals surface area contributed by atoms with E-state index in [1.165, 1.54) is 0 Å². The highest BCUT2D eigenvalue weighted by Gasteiger charge is 2.45. The van der Waals surface area contributed by atoms with Gasteiger partial charge < -0.3 is 14.7 Å². The third kappa shape index (κ3) is 2.53. The fourth-order valence-corrected chi connectivity index (χ4v) is 3.69.